The van der Waals surface area contributed by atoms with Crippen LogP contribution in [0.1, 0.15) is 30.7 Å². The summed E-state index contributed by atoms with van der Waals surface area (Å²) in [5.41, 5.74) is 0.0406. The van der Waals surface area contributed by atoms with E-state index in [1.165, 1.54) is 18.5 Å². The van der Waals surface area contributed by atoms with Crippen molar-refractivity contribution in [2.45, 2.75) is 31.2 Å². The highest BCUT2D eigenvalue weighted by molar-refractivity contribution is 6.30. The number of rotatable bonds is 4. The molecule has 2 N–H and O–H groups in total. The zero-order valence-electron chi connectivity index (χ0n) is 11.2. The van der Waals surface area contributed by atoms with Gasteiger partial charge in [-0.25, -0.2) is 9.37 Å². The Morgan fingerprint density at radius 1 is 1.48 bits per heavy atom. The fourth-order valence-electron chi connectivity index (χ4n) is 2.54. The molecule has 7 heteroatoms. The quantitative estimate of drug-likeness (QED) is 0.910. The van der Waals surface area contributed by atoms with Crippen LogP contribution in [0, 0.1) is 5.82 Å². The van der Waals surface area contributed by atoms with Gasteiger partial charge in [0.2, 0.25) is 5.91 Å². The summed E-state index contributed by atoms with van der Waals surface area (Å²) in [6, 6.07) is 4.49. The van der Waals surface area contributed by atoms with Crippen LogP contribution in [0.25, 0.3) is 0 Å². The Bertz CT molecular complexity index is 655. The fourth-order valence-corrected chi connectivity index (χ4v) is 2.66. The molecule has 0 radical (unpaired) electrons. The van der Waals surface area contributed by atoms with Crippen LogP contribution >= 0.6 is 11.6 Å². The maximum atomic E-state index is 13.4. The zero-order valence-corrected chi connectivity index (χ0v) is 12.0. The van der Waals surface area contributed by atoms with Crippen molar-refractivity contribution in [1.82, 2.24) is 20.5 Å². The molecule has 0 unspecified atom stereocenters. The molecule has 0 saturated heterocycles. The Hall–Kier alpha value is -1.95. The minimum Gasteiger partial charge on any atom is -0.351 e. The highest BCUT2D eigenvalue weighted by Crippen LogP contribution is 2.42. The molecule has 1 saturated carbocycles. The second-order valence-electron chi connectivity index (χ2n) is 5.20. The summed E-state index contributed by atoms with van der Waals surface area (Å²) in [4.78, 5) is 16.6. The standard InChI is InChI=1S/C14H14ClFN4O/c15-10-3-2-9(6-11(10)16)7-17-13(21)14(4-1-5-14)12-18-8-19-20-12/h2-3,6,8H,1,4-5,7H2,(H,17,21)(H,18,19,20). The Morgan fingerprint density at radius 2 is 2.29 bits per heavy atom. The van der Waals surface area contributed by atoms with Crippen LogP contribution in [-0.2, 0) is 16.8 Å². The first-order valence-corrected chi connectivity index (χ1v) is 7.08. The lowest BCUT2D eigenvalue weighted by atomic mass is 9.67. The van der Waals surface area contributed by atoms with Gasteiger partial charge in [-0.2, -0.15) is 5.10 Å². The van der Waals surface area contributed by atoms with E-state index in [-0.39, 0.29) is 17.5 Å². The highest BCUT2D eigenvalue weighted by atomic mass is 35.5. The number of halogens is 2. The molecular formula is C14H14ClFN4O. The number of aromatic amines is 1. The van der Waals surface area contributed by atoms with Crippen molar-refractivity contribution in [2.24, 2.45) is 0 Å². The second kappa shape index (κ2) is 5.44. The van der Waals surface area contributed by atoms with E-state index in [1.807, 2.05) is 0 Å². The number of hydrogen-bond acceptors (Lipinski definition) is 3. The number of carbonyl (C=O) groups excluding carboxylic acids is 1. The highest BCUT2D eigenvalue weighted by Gasteiger charge is 2.48. The minimum atomic E-state index is -0.624. The molecule has 3 rings (SSSR count). The van der Waals surface area contributed by atoms with Crippen LogP contribution in [0.15, 0.2) is 24.5 Å². The predicted octanol–water partition coefficient (Wildman–Crippen LogP) is 2.34. The third-order valence-electron chi connectivity index (χ3n) is 3.95. The summed E-state index contributed by atoms with van der Waals surface area (Å²) in [5, 5.41) is 9.50. The molecule has 0 bridgehead atoms. The zero-order chi connectivity index (χ0) is 14.9. The van der Waals surface area contributed by atoms with Gasteiger partial charge >= 0.3 is 0 Å². The molecule has 2 aromatic rings. The van der Waals surface area contributed by atoms with Gasteiger partial charge in [0.15, 0.2) is 0 Å². The SMILES string of the molecule is O=C(NCc1ccc(Cl)c(F)c1)C1(c2ncn[nH]2)CCC1. The van der Waals surface area contributed by atoms with Crippen molar-refractivity contribution in [3.63, 3.8) is 0 Å². The molecule has 1 amide bonds. The van der Waals surface area contributed by atoms with Crippen LogP contribution in [0.2, 0.25) is 5.02 Å². The number of hydrogen-bond donors (Lipinski definition) is 2. The molecule has 0 spiro atoms. The number of aromatic nitrogens is 3. The molecule has 1 heterocycles. The Labute approximate surface area is 125 Å². The number of amides is 1. The molecule has 0 atom stereocenters. The number of benzene rings is 1. The van der Waals surface area contributed by atoms with E-state index in [0.717, 1.165) is 19.3 Å². The fraction of sp³-hybridized carbons (Fsp3) is 0.357. The van der Waals surface area contributed by atoms with Crippen molar-refractivity contribution in [3.8, 4) is 0 Å². The van der Waals surface area contributed by atoms with E-state index in [1.54, 1.807) is 6.07 Å². The van der Waals surface area contributed by atoms with Crippen molar-refractivity contribution < 1.29 is 9.18 Å². The monoisotopic (exact) mass is 308 g/mol. The molecule has 1 aromatic heterocycles. The summed E-state index contributed by atoms with van der Waals surface area (Å²) in [7, 11) is 0. The lowest BCUT2D eigenvalue weighted by Gasteiger charge is -2.38. The number of carbonyl (C=O) groups is 1. The summed E-state index contributed by atoms with van der Waals surface area (Å²) < 4.78 is 13.4. The summed E-state index contributed by atoms with van der Waals surface area (Å²) in [6.45, 7) is 0.253. The molecule has 21 heavy (non-hydrogen) atoms. The van der Waals surface area contributed by atoms with Gasteiger partial charge in [0.1, 0.15) is 23.4 Å². The van der Waals surface area contributed by atoms with Gasteiger partial charge in [-0.15, -0.1) is 0 Å². The molecular weight excluding hydrogens is 295 g/mol. The van der Waals surface area contributed by atoms with Crippen molar-refractivity contribution in [2.75, 3.05) is 0 Å². The van der Waals surface area contributed by atoms with E-state index in [9.17, 15) is 9.18 Å². The number of nitrogens with zero attached hydrogens (tertiary/aromatic N) is 2. The van der Waals surface area contributed by atoms with Gasteiger partial charge in [0.25, 0.3) is 0 Å². The molecule has 1 aromatic carbocycles. The third kappa shape index (κ3) is 2.51. The molecule has 5 nitrogen and oxygen atoms in total. The summed E-state index contributed by atoms with van der Waals surface area (Å²) in [5.74, 6) is -0.00796. The largest absolute Gasteiger partial charge is 0.351 e. The van der Waals surface area contributed by atoms with Gasteiger partial charge < -0.3 is 5.32 Å². The van der Waals surface area contributed by atoms with Crippen molar-refractivity contribution in [1.29, 1.82) is 0 Å². The van der Waals surface area contributed by atoms with E-state index in [0.29, 0.717) is 11.4 Å². The normalized spacial score (nSPS) is 16.3. The first-order valence-electron chi connectivity index (χ1n) is 6.70. The van der Waals surface area contributed by atoms with Crippen LogP contribution in [0.3, 0.4) is 0 Å². The average molecular weight is 309 g/mol. The van der Waals surface area contributed by atoms with Gasteiger partial charge in [0, 0.05) is 6.54 Å². The van der Waals surface area contributed by atoms with Gasteiger partial charge in [-0.1, -0.05) is 24.1 Å². The maximum Gasteiger partial charge on any atom is 0.234 e. The van der Waals surface area contributed by atoms with E-state index >= 15 is 0 Å². The van der Waals surface area contributed by atoms with E-state index in [2.05, 4.69) is 20.5 Å². The molecule has 1 aliphatic rings. The van der Waals surface area contributed by atoms with Crippen molar-refractivity contribution in [3.05, 3.63) is 46.8 Å². The number of nitrogens with one attached hydrogen (secondary N) is 2. The Morgan fingerprint density at radius 3 is 2.86 bits per heavy atom. The topological polar surface area (TPSA) is 70.7 Å². The first kappa shape index (κ1) is 14.0. The van der Waals surface area contributed by atoms with Crippen LogP contribution in [0.5, 0.6) is 0 Å². The second-order valence-corrected chi connectivity index (χ2v) is 5.61. The Balaban J connectivity index is 1.70. The molecule has 110 valence electrons. The summed E-state index contributed by atoms with van der Waals surface area (Å²) >= 11 is 5.63. The van der Waals surface area contributed by atoms with Gasteiger partial charge in [0.05, 0.1) is 5.02 Å². The number of H-pyrrole nitrogens is 1. The molecule has 0 aliphatic heterocycles. The minimum absolute atomic E-state index is 0.0715. The first-order chi connectivity index (χ1) is 10.1. The molecule has 1 fully saturated rings. The lowest BCUT2D eigenvalue weighted by Crippen LogP contribution is -2.49. The maximum absolute atomic E-state index is 13.4. The van der Waals surface area contributed by atoms with Crippen LogP contribution in [-0.4, -0.2) is 21.1 Å². The van der Waals surface area contributed by atoms with E-state index in [4.69, 9.17) is 11.6 Å². The van der Waals surface area contributed by atoms with Crippen LogP contribution in [0.4, 0.5) is 4.39 Å². The van der Waals surface area contributed by atoms with Gasteiger partial charge in [-0.05, 0) is 30.5 Å². The van der Waals surface area contributed by atoms with Crippen molar-refractivity contribution >= 4 is 17.5 Å². The smallest absolute Gasteiger partial charge is 0.234 e. The Kier molecular flexibility index (Phi) is 3.63. The lowest BCUT2D eigenvalue weighted by molar-refractivity contribution is -0.130. The van der Waals surface area contributed by atoms with Crippen LogP contribution < -0.4 is 5.32 Å². The summed E-state index contributed by atoms with van der Waals surface area (Å²) in [6.07, 6.45) is 3.85. The average Bonchev–Trinajstić information content (AvgIpc) is 2.93. The molecule has 1 aliphatic carbocycles. The predicted molar refractivity (Wildman–Crippen MR) is 75.2 cm³/mol. The van der Waals surface area contributed by atoms with Gasteiger partial charge in [-0.3, -0.25) is 9.89 Å². The van der Waals surface area contributed by atoms with E-state index < -0.39 is 11.2 Å². The third-order valence-corrected chi connectivity index (χ3v) is 4.25.